The summed E-state index contributed by atoms with van der Waals surface area (Å²) in [6.45, 7) is 1.55. The number of halogens is 1. The molecule has 0 aliphatic rings. The molecule has 1 heterocycles. The summed E-state index contributed by atoms with van der Waals surface area (Å²) in [5.74, 6) is 0.0466. The van der Waals surface area contributed by atoms with Crippen LogP contribution in [0, 0.1) is 0 Å². The van der Waals surface area contributed by atoms with E-state index in [-0.39, 0.29) is 5.78 Å². The number of aromatic nitrogens is 1. The molecule has 17 heavy (non-hydrogen) atoms. The molecule has 1 aromatic heterocycles. The third-order valence-electron chi connectivity index (χ3n) is 2.18. The van der Waals surface area contributed by atoms with Gasteiger partial charge in [0.15, 0.2) is 5.78 Å². The van der Waals surface area contributed by atoms with Gasteiger partial charge in [-0.25, -0.2) is 4.98 Å². The lowest BCUT2D eigenvalue weighted by Gasteiger charge is -2.02. The summed E-state index contributed by atoms with van der Waals surface area (Å²) in [5.41, 5.74) is 0.677. The summed E-state index contributed by atoms with van der Waals surface area (Å²) in [4.78, 5) is 16.5. The van der Waals surface area contributed by atoms with Gasteiger partial charge in [0.1, 0.15) is 5.03 Å². The smallest absolute Gasteiger partial charge is 0.159 e. The Morgan fingerprint density at radius 1 is 1.24 bits per heavy atom. The van der Waals surface area contributed by atoms with Crippen LogP contribution in [0.15, 0.2) is 52.5 Å². The van der Waals surface area contributed by atoms with Crippen molar-refractivity contribution in [2.45, 2.75) is 16.8 Å². The molecule has 0 aliphatic carbocycles. The summed E-state index contributed by atoms with van der Waals surface area (Å²) in [7, 11) is 0. The van der Waals surface area contributed by atoms with Crippen molar-refractivity contribution in [3.8, 4) is 0 Å². The van der Waals surface area contributed by atoms with E-state index >= 15 is 0 Å². The highest BCUT2D eigenvalue weighted by Gasteiger charge is 2.03. The fourth-order valence-electron chi connectivity index (χ4n) is 1.31. The van der Waals surface area contributed by atoms with Crippen LogP contribution in [0.4, 0.5) is 0 Å². The summed E-state index contributed by atoms with van der Waals surface area (Å²) < 4.78 is 0. The third kappa shape index (κ3) is 3.32. The van der Waals surface area contributed by atoms with Crippen LogP contribution in [0.5, 0.6) is 0 Å². The second kappa shape index (κ2) is 5.34. The monoisotopic (exact) mass is 263 g/mol. The zero-order valence-electron chi connectivity index (χ0n) is 9.18. The number of pyridine rings is 1. The van der Waals surface area contributed by atoms with Crippen molar-refractivity contribution >= 4 is 29.1 Å². The summed E-state index contributed by atoms with van der Waals surface area (Å²) in [6.07, 6.45) is 1.65. The van der Waals surface area contributed by atoms with Gasteiger partial charge in [-0.05, 0) is 43.3 Å². The normalized spacial score (nSPS) is 10.2. The Labute approximate surface area is 109 Å². The SMILES string of the molecule is CC(=O)c1ccnc(Sc2ccc(Cl)cc2)c1. The van der Waals surface area contributed by atoms with Crippen LogP contribution in [0.25, 0.3) is 0 Å². The van der Waals surface area contributed by atoms with E-state index in [2.05, 4.69) is 4.98 Å². The van der Waals surface area contributed by atoms with Crippen molar-refractivity contribution in [1.29, 1.82) is 0 Å². The van der Waals surface area contributed by atoms with Crippen LogP contribution in [0.1, 0.15) is 17.3 Å². The molecule has 0 saturated carbocycles. The standard InChI is InChI=1S/C13H10ClNOS/c1-9(16)10-6-7-15-13(8-10)17-12-4-2-11(14)3-5-12/h2-8H,1H3. The number of rotatable bonds is 3. The van der Waals surface area contributed by atoms with Crippen molar-refractivity contribution in [3.63, 3.8) is 0 Å². The van der Waals surface area contributed by atoms with Crippen LogP contribution >= 0.6 is 23.4 Å². The molecule has 0 spiro atoms. The van der Waals surface area contributed by atoms with Crippen molar-refractivity contribution in [1.82, 2.24) is 4.98 Å². The van der Waals surface area contributed by atoms with Gasteiger partial charge >= 0.3 is 0 Å². The van der Waals surface area contributed by atoms with E-state index in [1.165, 1.54) is 11.8 Å². The Morgan fingerprint density at radius 2 is 1.94 bits per heavy atom. The van der Waals surface area contributed by atoms with Gasteiger partial charge in [0, 0.05) is 21.7 Å². The van der Waals surface area contributed by atoms with E-state index in [0.717, 1.165) is 9.92 Å². The topological polar surface area (TPSA) is 30.0 Å². The third-order valence-corrected chi connectivity index (χ3v) is 3.37. The Morgan fingerprint density at radius 3 is 2.59 bits per heavy atom. The highest BCUT2D eigenvalue weighted by molar-refractivity contribution is 7.99. The number of ketones is 1. The fraction of sp³-hybridized carbons (Fsp3) is 0.0769. The van der Waals surface area contributed by atoms with Crippen LogP contribution in [-0.2, 0) is 0 Å². The molecule has 86 valence electrons. The van der Waals surface area contributed by atoms with Gasteiger partial charge in [-0.2, -0.15) is 0 Å². The van der Waals surface area contributed by atoms with Gasteiger partial charge in [0.05, 0.1) is 0 Å². The first-order valence-electron chi connectivity index (χ1n) is 5.05. The first-order valence-corrected chi connectivity index (χ1v) is 6.25. The number of carbonyl (C=O) groups is 1. The zero-order valence-corrected chi connectivity index (χ0v) is 10.8. The highest BCUT2D eigenvalue weighted by Crippen LogP contribution is 2.27. The summed E-state index contributed by atoms with van der Waals surface area (Å²) in [6, 6.07) is 11.0. The maximum absolute atomic E-state index is 11.2. The largest absolute Gasteiger partial charge is 0.295 e. The van der Waals surface area contributed by atoms with Crippen LogP contribution in [0.3, 0.4) is 0 Å². The summed E-state index contributed by atoms with van der Waals surface area (Å²) in [5, 5.41) is 1.51. The molecular weight excluding hydrogens is 254 g/mol. The number of hydrogen-bond acceptors (Lipinski definition) is 3. The Bertz CT molecular complexity index is 539. The number of Topliss-reactive ketones (excluding diaryl/α,β-unsaturated/α-hetero) is 1. The number of hydrogen-bond donors (Lipinski definition) is 0. The maximum atomic E-state index is 11.2. The minimum Gasteiger partial charge on any atom is -0.295 e. The van der Waals surface area contributed by atoms with Gasteiger partial charge in [-0.3, -0.25) is 4.79 Å². The highest BCUT2D eigenvalue weighted by atomic mass is 35.5. The first-order chi connectivity index (χ1) is 8.15. The molecule has 0 saturated heterocycles. The minimum atomic E-state index is 0.0466. The molecule has 0 fully saturated rings. The van der Waals surface area contributed by atoms with Crippen molar-refractivity contribution < 1.29 is 4.79 Å². The van der Waals surface area contributed by atoms with Gasteiger partial charge in [-0.15, -0.1) is 0 Å². The van der Waals surface area contributed by atoms with Crippen molar-refractivity contribution in [2.75, 3.05) is 0 Å². The molecule has 0 amide bonds. The molecule has 0 unspecified atom stereocenters. The molecule has 2 rings (SSSR count). The van der Waals surface area contributed by atoms with E-state index in [4.69, 9.17) is 11.6 Å². The second-order valence-corrected chi connectivity index (χ2v) is 5.03. The fourth-order valence-corrected chi connectivity index (χ4v) is 2.25. The molecule has 0 aliphatic heterocycles. The average Bonchev–Trinajstić information content (AvgIpc) is 2.32. The molecule has 1 aromatic carbocycles. The van der Waals surface area contributed by atoms with Crippen LogP contribution < -0.4 is 0 Å². The molecule has 0 atom stereocenters. The maximum Gasteiger partial charge on any atom is 0.159 e. The lowest BCUT2D eigenvalue weighted by atomic mass is 10.2. The molecule has 0 N–H and O–H groups in total. The van der Waals surface area contributed by atoms with Crippen LogP contribution in [-0.4, -0.2) is 10.8 Å². The van der Waals surface area contributed by atoms with E-state index in [1.807, 2.05) is 24.3 Å². The molecule has 0 radical (unpaired) electrons. The predicted octanol–water partition coefficient (Wildman–Crippen LogP) is 4.09. The lowest BCUT2D eigenvalue weighted by Crippen LogP contribution is -1.92. The predicted molar refractivity (Wildman–Crippen MR) is 69.8 cm³/mol. The Hall–Kier alpha value is -1.32. The van der Waals surface area contributed by atoms with Gasteiger partial charge < -0.3 is 0 Å². The number of benzene rings is 1. The zero-order chi connectivity index (χ0) is 12.3. The second-order valence-electron chi connectivity index (χ2n) is 3.49. The molecule has 0 bridgehead atoms. The lowest BCUT2D eigenvalue weighted by molar-refractivity contribution is 0.101. The summed E-state index contributed by atoms with van der Waals surface area (Å²) >= 11 is 7.32. The van der Waals surface area contributed by atoms with Gasteiger partial charge in [-0.1, -0.05) is 23.4 Å². The average molecular weight is 264 g/mol. The van der Waals surface area contributed by atoms with Crippen LogP contribution in [0.2, 0.25) is 5.02 Å². The van der Waals surface area contributed by atoms with Gasteiger partial charge in [0.2, 0.25) is 0 Å². The molecular formula is C13H10ClNOS. The van der Waals surface area contributed by atoms with E-state index in [0.29, 0.717) is 10.6 Å². The van der Waals surface area contributed by atoms with E-state index < -0.39 is 0 Å². The van der Waals surface area contributed by atoms with Gasteiger partial charge in [0.25, 0.3) is 0 Å². The minimum absolute atomic E-state index is 0.0466. The van der Waals surface area contributed by atoms with Crippen molar-refractivity contribution in [3.05, 3.63) is 53.2 Å². The first kappa shape index (κ1) is 12.1. The quantitative estimate of drug-likeness (QED) is 0.782. The molecule has 2 aromatic rings. The number of carbonyl (C=O) groups excluding carboxylic acids is 1. The molecule has 2 nitrogen and oxygen atoms in total. The van der Waals surface area contributed by atoms with E-state index in [1.54, 1.807) is 25.3 Å². The molecule has 4 heteroatoms. The Balaban J connectivity index is 2.21. The number of nitrogens with zero attached hydrogens (tertiary/aromatic N) is 1. The van der Waals surface area contributed by atoms with E-state index in [9.17, 15) is 4.79 Å². The Kier molecular flexibility index (Phi) is 3.82. The van der Waals surface area contributed by atoms with Crippen molar-refractivity contribution in [2.24, 2.45) is 0 Å².